The quantitative estimate of drug-likeness (QED) is 0.353. The molecule has 3 aromatic heterocycles. The number of aliphatic hydroxyl groups excluding tert-OH is 1. The monoisotopic (exact) mass is 398 g/mol. The molecule has 0 saturated heterocycles. The van der Waals surface area contributed by atoms with E-state index in [9.17, 15) is 0 Å². The van der Waals surface area contributed by atoms with Gasteiger partial charge in [-0.25, -0.2) is 15.0 Å². The predicted molar refractivity (Wildman–Crippen MR) is 110 cm³/mol. The molecule has 0 bridgehead atoms. The van der Waals surface area contributed by atoms with Crippen molar-refractivity contribution in [2.24, 2.45) is 0 Å². The molecule has 9 nitrogen and oxygen atoms in total. The molecule has 154 valence electrons. The number of pyridine rings is 1. The minimum absolute atomic E-state index is 0.0997. The van der Waals surface area contributed by atoms with Crippen molar-refractivity contribution in [1.82, 2.24) is 24.8 Å². The topological polar surface area (TPSA) is 125 Å². The maximum atomic E-state index is 8.84. The molecular weight excluding hydrogens is 372 g/mol. The highest BCUT2D eigenvalue weighted by molar-refractivity contribution is 5.82. The summed E-state index contributed by atoms with van der Waals surface area (Å²) in [6.07, 6.45) is 11.0. The molecule has 1 saturated carbocycles. The number of hydrogen-bond acceptors (Lipinski definition) is 7. The zero-order chi connectivity index (χ0) is 20.5. The molecule has 1 fully saturated rings. The lowest BCUT2D eigenvalue weighted by Crippen LogP contribution is -2.19. The Morgan fingerprint density at radius 2 is 2.00 bits per heavy atom. The third kappa shape index (κ3) is 5.49. The fraction of sp³-hybridized carbons (Fsp3) is 0.400. The van der Waals surface area contributed by atoms with Crippen LogP contribution in [0.25, 0.3) is 10.9 Å². The summed E-state index contributed by atoms with van der Waals surface area (Å²) >= 11 is 0. The number of hydrogen-bond donors (Lipinski definition) is 4. The summed E-state index contributed by atoms with van der Waals surface area (Å²) in [6, 6.07) is 6.67. The van der Waals surface area contributed by atoms with Crippen molar-refractivity contribution in [3.8, 4) is 0 Å². The van der Waals surface area contributed by atoms with E-state index in [2.05, 4.69) is 48.5 Å². The number of carbonyl (C=O) groups is 1. The molecule has 1 aliphatic carbocycles. The number of aliphatic hydroxyl groups is 1. The molecule has 1 aliphatic rings. The molecule has 0 aromatic carbocycles. The normalized spacial score (nSPS) is 13.8. The van der Waals surface area contributed by atoms with Crippen LogP contribution in [0, 0.1) is 0 Å². The first-order chi connectivity index (χ1) is 14.2. The Kier molecular flexibility index (Phi) is 7.48. The van der Waals surface area contributed by atoms with Crippen molar-refractivity contribution in [3.05, 3.63) is 42.6 Å². The van der Waals surface area contributed by atoms with Gasteiger partial charge in [-0.15, -0.1) is 0 Å². The molecule has 0 atom stereocenters. The second kappa shape index (κ2) is 10.5. The van der Waals surface area contributed by atoms with Gasteiger partial charge in [0.25, 0.3) is 6.47 Å². The summed E-state index contributed by atoms with van der Waals surface area (Å²) in [4.78, 5) is 21.6. The Balaban J connectivity index is 0.000000755. The van der Waals surface area contributed by atoms with Crippen LogP contribution in [-0.2, 0) is 11.3 Å². The van der Waals surface area contributed by atoms with Crippen molar-refractivity contribution in [2.45, 2.75) is 38.3 Å². The van der Waals surface area contributed by atoms with E-state index < -0.39 is 0 Å². The zero-order valence-electron chi connectivity index (χ0n) is 16.2. The smallest absolute Gasteiger partial charge is 0.290 e. The Labute approximate surface area is 168 Å². The molecule has 29 heavy (non-hydrogen) atoms. The highest BCUT2D eigenvalue weighted by Gasteiger charge is 2.18. The Hall–Kier alpha value is -3.04. The highest BCUT2D eigenvalue weighted by Crippen LogP contribution is 2.33. The van der Waals surface area contributed by atoms with Crippen LogP contribution in [0.15, 0.2) is 36.8 Å². The van der Waals surface area contributed by atoms with E-state index in [1.807, 2.05) is 12.3 Å². The van der Waals surface area contributed by atoms with Crippen molar-refractivity contribution >= 4 is 29.0 Å². The van der Waals surface area contributed by atoms with E-state index in [1.165, 1.54) is 36.6 Å². The lowest BCUT2D eigenvalue weighted by Gasteiger charge is -2.14. The maximum Gasteiger partial charge on any atom is 0.290 e. The molecule has 3 heterocycles. The summed E-state index contributed by atoms with van der Waals surface area (Å²) in [5, 5.41) is 23.3. The zero-order valence-corrected chi connectivity index (χ0v) is 16.2. The average Bonchev–Trinajstić information content (AvgIpc) is 3.38. The van der Waals surface area contributed by atoms with E-state index in [-0.39, 0.29) is 13.1 Å². The molecule has 0 unspecified atom stereocenters. The van der Waals surface area contributed by atoms with Gasteiger partial charge < -0.3 is 25.4 Å². The van der Waals surface area contributed by atoms with Crippen molar-refractivity contribution in [1.29, 1.82) is 0 Å². The lowest BCUT2D eigenvalue weighted by atomic mass is 10.2. The summed E-state index contributed by atoms with van der Waals surface area (Å²) in [5.74, 6) is 2.17. The summed E-state index contributed by atoms with van der Waals surface area (Å²) in [7, 11) is 0. The van der Waals surface area contributed by atoms with Crippen LogP contribution < -0.4 is 10.6 Å². The molecule has 4 N–H and O–H groups in total. The van der Waals surface area contributed by atoms with Gasteiger partial charge in [-0.1, -0.05) is 12.8 Å². The molecule has 0 radical (unpaired) electrons. The Morgan fingerprint density at radius 3 is 2.76 bits per heavy atom. The van der Waals surface area contributed by atoms with Crippen molar-refractivity contribution in [2.75, 3.05) is 18.5 Å². The second-order valence-corrected chi connectivity index (χ2v) is 6.78. The van der Waals surface area contributed by atoms with Crippen molar-refractivity contribution < 1.29 is 15.0 Å². The van der Waals surface area contributed by atoms with E-state index in [0.29, 0.717) is 30.8 Å². The minimum atomic E-state index is -0.250. The van der Waals surface area contributed by atoms with Gasteiger partial charge in [-0.2, -0.15) is 0 Å². The minimum Gasteiger partial charge on any atom is -0.483 e. The Bertz CT molecular complexity index is 923. The van der Waals surface area contributed by atoms with Crippen LogP contribution in [-0.4, -0.2) is 49.4 Å². The van der Waals surface area contributed by atoms with E-state index in [1.54, 1.807) is 6.20 Å². The van der Waals surface area contributed by atoms with Crippen LogP contribution in [0.3, 0.4) is 0 Å². The van der Waals surface area contributed by atoms with Crippen LogP contribution >= 0.6 is 0 Å². The van der Waals surface area contributed by atoms with Crippen LogP contribution in [0.1, 0.15) is 37.5 Å². The first-order valence-electron chi connectivity index (χ1n) is 9.70. The molecule has 9 heteroatoms. The summed E-state index contributed by atoms with van der Waals surface area (Å²) < 4.78 is 2.39. The van der Waals surface area contributed by atoms with Crippen molar-refractivity contribution in [3.63, 3.8) is 0 Å². The number of rotatable bonds is 7. The van der Waals surface area contributed by atoms with Gasteiger partial charge in [0.1, 0.15) is 17.5 Å². The number of aromatic nitrogens is 4. The van der Waals surface area contributed by atoms with Crippen LogP contribution in [0.2, 0.25) is 0 Å². The molecular formula is C20H26N6O3. The highest BCUT2D eigenvalue weighted by atomic mass is 16.3. The first-order valence-corrected chi connectivity index (χ1v) is 9.70. The van der Waals surface area contributed by atoms with Gasteiger partial charge in [0.05, 0.1) is 18.7 Å². The molecule has 3 aromatic rings. The SMILES string of the molecule is O=CO.OCCNCc1nccc(Nc2cc3c(ccn3C3CCCC3)cn2)n1. The standard InChI is InChI=1S/C19H24N6O.CH2O2/c26-10-8-20-13-19-21-7-5-17(24-19)23-18-11-16-14(12-22-18)6-9-25(16)15-3-1-2-4-15;2-1-3/h5-7,9,11-12,15,20,26H,1-4,8,10,13H2,(H,21,22,23,24);1H,(H,2,3). The first kappa shape index (κ1) is 20.7. The third-order valence-electron chi connectivity index (χ3n) is 4.86. The number of anilines is 2. The average molecular weight is 398 g/mol. The van der Waals surface area contributed by atoms with E-state index in [4.69, 9.17) is 15.0 Å². The number of carboxylic acid groups (broad SMARTS) is 1. The van der Waals surface area contributed by atoms with E-state index >= 15 is 0 Å². The lowest BCUT2D eigenvalue weighted by molar-refractivity contribution is -0.122. The third-order valence-corrected chi connectivity index (χ3v) is 4.86. The largest absolute Gasteiger partial charge is 0.483 e. The fourth-order valence-electron chi connectivity index (χ4n) is 3.58. The number of nitrogens with zero attached hydrogens (tertiary/aromatic N) is 4. The molecule has 0 aliphatic heterocycles. The van der Waals surface area contributed by atoms with Gasteiger partial charge >= 0.3 is 0 Å². The fourth-order valence-corrected chi connectivity index (χ4v) is 3.58. The van der Waals surface area contributed by atoms with Gasteiger partial charge in [-0.3, -0.25) is 4.79 Å². The molecule has 0 spiro atoms. The maximum absolute atomic E-state index is 8.84. The molecule has 4 rings (SSSR count). The summed E-state index contributed by atoms with van der Waals surface area (Å²) in [5.41, 5.74) is 1.22. The molecule has 0 amide bonds. The van der Waals surface area contributed by atoms with Crippen LogP contribution in [0.5, 0.6) is 0 Å². The number of fused-ring (bicyclic) bond motifs is 1. The van der Waals surface area contributed by atoms with Gasteiger partial charge in [-0.05, 0) is 25.0 Å². The summed E-state index contributed by atoms with van der Waals surface area (Å²) in [6.45, 7) is 0.896. The predicted octanol–water partition coefficient (Wildman–Crippen LogP) is 2.47. The van der Waals surface area contributed by atoms with Gasteiger partial charge in [0.15, 0.2) is 0 Å². The second-order valence-electron chi connectivity index (χ2n) is 6.78. The Morgan fingerprint density at radius 1 is 1.21 bits per heavy atom. The van der Waals surface area contributed by atoms with Gasteiger partial charge in [0, 0.05) is 42.6 Å². The van der Waals surface area contributed by atoms with Crippen LogP contribution in [0.4, 0.5) is 11.6 Å². The van der Waals surface area contributed by atoms with E-state index in [0.717, 1.165) is 5.82 Å². The van der Waals surface area contributed by atoms with Gasteiger partial charge in [0.2, 0.25) is 0 Å². The number of nitrogens with one attached hydrogen (secondary N) is 2.